The van der Waals surface area contributed by atoms with Gasteiger partial charge in [-0.15, -0.1) is 0 Å². The van der Waals surface area contributed by atoms with E-state index in [1.807, 2.05) is 18.2 Å². The molecule has 1 heteroatoms. The van der Waals surface area contributed by atoms with Crippen LogP contribution in [0.1, 0.15) is 37.3 Å². The molecule has 0 saturated heterocycles. The molecule has 0 saturated carbocycles. The van der Waals surface area contributed by atoms with Crippen molar-refractivity contribution in [2.45, 2.75) is 31.7 Å². The molecule has 0 heterocycles. The highest BCUT2D eigenvalue weighted by Gasteiger charge is 2.14. The van der Waals surface area contributed by atoms with E-state index in [2.05, 4.69) is 24.8 Å². The average molecular weight is 213 g/mol. The molecule has 0 amide bonds. The summed E-state index contributed by atoms with van der Waals surface area (Å²) in [7, 11) is 0. The lowest BCUT2D eigenvalue weighted by Crippen LogP contribution is -2.14. The van der Waals surface area contributed by atoms with E-state index in [4.69, 9.17) is 5.73 Å². The van der Waals surface area contributed by atoms with E-state index in [1.54, 1.807) is 0 Å². The molecule has 1 aromatic carbocycles. The summed E-state index contributed by atoms with van der Waals surface area (Å²) in [5.74, 6) is 0. The molecule has 1 aliphatic rings. The van der Waals surface area contributed by atoms with Crippen LogP contribution in [-0.2, 0) is 0 Å². The minimum atomic E-state index is -0.0504. The predicted octanol–water partition coefficient (Wildman–Crippen LogP) is 3.74. The quantitative estimate of drug-likeness (QED) is 0.813. The number of hydrogen-bond donors (Lipinski definition) is 1. The highest BCUT2D eigenvalue weighted by Crippen LogP contribution is 2.29. The third kappa shape index (κ3) is 2.42. The van der Waals surface area contributed by atoms with E-state index in [1.165, 1.54) is 24.8 Å². The second kappa shape index (κ2) is 5.13. The molecular weight excluding hydrogens is 194 g/mol. The Bertz CT molecular complexity index is 389. The minimum absolute atomic E-state index is 0.0504. The van der Waals surface area contributed by atoms with Crippen LogP contribution in [-0.4, -0.2) is 0 Å². The fourth-order valence-electron chi connectivity index (χ4n) is 2.19. The summed E-state index contributed by atoms with van der Waals surface area (Å²) < 4.78 is 0. The summed E-state index contributed by atoms with van der Waals surface area (Å²) in [5, 5.41) is 0. The molecule has 84 valence electrons. The third-order valence-electron chi connectivity index (χ3n) is 3.24. The number of nitrogens with two attached hydrogens (primary N) is 1. The van der Waals surface area contributed by atoms with Crippen molar-refractivity contribution in [2.24, 2.45) is 5.73 Å². The van der Waals surface area contributed by atoms with Gasteiger partial charge in [-0.2, -0.15) is 0 Å². The molecular formula is C15H19N. The van der Waals surface area contributed by atoms with Gasteiger partial charge in [-0.1, -0.05) is 43.0 Å². The van der Waals surface area contributed by atoms with E-state index >= 15 is 0 Å². The first-order valence-corrected chi connectivity index (χ1v) is 5.98. The van der Waals surface area contributed by atoms with Crippen molar-refractivity contribution >= 4 is 0 Å². The molecule has 1 aromatic rings. The zero-order valence-electron chi connectivity index (χ0n) is 9.65. The van der Waals surface area contributed by atoms with E-state index in [0.717, 1.165) is 17.6 Å². The summed E-state index contributed by atoms with van der Waals surface area (Å²) >= 11 is 0. The van der Waals surface area contributed by atoms with Gasteiger partial charge in [0.25, 0.3) is 0 Å². The minimum Gasteiger partial charge on any atom is -0.320 e. The van der Waals surface area contributed by atoms with E-state index in [-0.39, 0.29) is 6.04 Å². The Morgan fingerprint density at radius 3 is 2.56 bits per heavy atom. The first kappa shape index (κ1) is 11.2. The molecule has 16 heavy (non-hydrogen) atoms. The van der Waals surface area contributed by atoms with Gasteiger partial charge in [-0.25, -0.2) is 0 Å². The van der Waals surface area contributed by atoms with E-state index in [9.17, 15) is 0 Å². The molecule has 1 aliphatic carbocycles. The van der Waals surface area contributed by atoms with Crippen LogP contribution < -0.4 is 5.73 Å². The van der Waals surface area contributed by atoms with Crippen LogP contribution in [0.4, 0.5) is 0 Å². The van der Waals surface area contributed by atoms with E-state index in [0.29, 0.717) is 0 Å². The molecule has 0 spiro atoms. The largest absolute Gasteiger partial charge is 0.320 e. The van der Waals surface area contributed by atoms with E-state index < -0.39 is 0 Å². The van der Waals surface area contributed by atoms with Gasteiger partial charge in [0.05, 0.1) is 6.04 Å². The lowest BCUT2D eigenvalue weighted by atomic mass is 9.88. The van der Waals surface area contributed by atoms with Crippen LogP contribution in [0.5, 0.6) is 0 Å². The number of benzene rings is 1. The van der Waals surface area contributed by atoms with Crippen LogP contribution in [0.15, 0.2) is 54.1 Å². The first-order valence-electron chi connectivity index (χ1n) is 5.98. The van der Waals surface area contributed by atoms with Crippen LogP contribution >= 0.6 is 0 Å². The molecule has 1 unspecified atom stereocenters. The van der Waals surface area contributed by atoms with Crippen molar-refractivity contribution in [3.8, 4) is 0 Å². The van der Waals surface area contributed by atoms with Gasteiger partial charge in [0.1, 0.15) is 0 Å². The molecule has 1 atom stereocenters. The molecule has 0 aromatic heterocycles. The van der Waals surface area contributed by atoms with Crippen molar-refractivity contribution in [3.63, 3.8) is 0 Å². The SMILES string of the molecule is C=C(C1=CCCCC1)C(N)c1ccccc1. The lowest BCUT2D eigenvalue weighted by molar-refractivity contribution is 0.691. The zero-order valence-corrected chi connectivity index (χ0v) is 9.65. The fourth-order valence-corrected chi connectivity index (χ4v) is 2.19. The summed E-state index contributed by atoms with van der Waals surface area (Å²) in [6, 6.07) is 10.2. The Balaban J connectivity index is 2.13. The molecule has 0 bridgehead atoms. The van der Waals surface area contributed by atoms with Gasteiger partial charge in [0.15, 0.2) is 0 Å². The first-order chi connectivity index (χ1) is 7.79. The maximum Gasteiger partial charge on any atom is 0.0548 e. The summed E-state index contributed by atoms with van der Waals surface area (Å²) in [6.45, 7) is 4.16. The molecule has 0 fully saturated rings. The predicted molar refractivity (Wildman–Crippen MR) is 69.1 cm³/mol. The molecule has 2 rings (SSSR count). The average Bonchev–Trinajstić information content (AvgIpc) is 2.39. The van der Waals surface area contributed by atoms with Gasteiger partial charge in [-0.3, -0.25) is 0 Å². The van der Waals surface area contributed by atoms with Crippen LogP contribution in [0.25, 0.3) is 0 Å². The van der Waals surface area contributed by atoms with Crippen LogP contribution in [0.3, 0.4) is 0 Å². The molecule has 1 nitrogen and oxygen atoms in total. The monoisotopic (exact) mass is 213 g/mol. The lowest BCUT2D eigenvalue weighted by Gasteiger charge is -2.20. The summed E-state index contributed by atoms with van der Waals surface area (Å²) in [6.07, 6.45) is 7.19. The number of rotatable bonds is 3. The van der Waals surface area contributed by atoms with Gasteiger partial charge in [0.2, 0.25) is 0 Å². The highest BCUT2D eigenvalue weighted by atomic mass is 14.6. The zero-order chi connectivity index (χ0) is 11.4. The second-order valence-corrected chi connectivity index (χ2v) is 4.39. The fraction of sp³-hybridized carbons (Fsp3) is 0.333. The summed E-state index contributed by atoms with van der Waals surface area (Å²) in [4.78, 5) is 0. The topological polar surface area (TPSA) is 26.0 Å². The van der Waals surface area contributed by atoms with Crippen molar-refractivity contribution in [1.29, 1.82) is 0 Å². The molecule has 0 radical (unpaired) electrons. The van der Waals surface area contributed by atoms with Gasteiger partial charge in [0, 0.05) is 0 Å². The number of allylic oxidation sites excluding steroid dienone is 1. The maximum absolute atomic E-state index is 6.23. The van der Waals surface area contributed by atoms with Gasteiger partial charge in [-0.05, 0) is 42.4 Å². The molecule has 2 N–H and O–H groups in total. The Morgan fingerprint density at radius 1 is 1.19 bits per heavy atom. The Hall–Kier alpha value is -1.34. The smallest absolute Gasteiger partial charge is 0.0548 e. The van der Waals surface area contributed by atoms with Crippen molar-refractivity contribution in [1.82, 2.24) is 0 Å². The third-order valence-corrected chi connectivity index (χ3v) is 3.24. The molecule has 0 aliphatic heterocycles. The van der Waals surface area contributed by atoms with Crippen LogP contribution in [0, 0.1) is 0 Å². The van der Waals surface area contributed by atoms with Crippen molar-refractivity contribution in [3.05, 3.63) is 59.7 Å². The highest BCUT2D eigenvalue weighted by molar-refractivity contribution is 5.38. The van der Waals surface area contributed by atoms with Gasteiger partial charge >= 0.3 is 0 Å². The number of hydrogen-bond acceptors (Lipinski definition) is 1. The van der Waals surface area contributed by atoms with Gasteiger partial charge < -0.3 is 5.73 Å². The van der Waals surface area contributed by atoms with Crippen molar-refractivity contribution in [2.75, 3.05) is 0 Å². The Labute approximate surface area is 97.7 Å². The summed E-state index contributed by atoms with van der Waals surface area (Å²) in [5.41, 5.74) is 9.83. The second-order valence-electron chi connectivity index (χ2n) is 4.39. The standard InChI is InChI=1S/C15H19N/c1-12(13-8-4-2-5-9-13)15(16)14-10-6-3-7-11-14/h3,6-8,10-11,15H,1-2,4-5,9,16H2. The van der Waals surface area contributed by atoms with Crippen LogP contribution in [0.2, 0.25) is 0 Å². The maximum atomic E-state index is 6.23. The Kier molecular flexibility index (Phi) is 3.58. The van der Waals surface area contributed by atoms with Crippen molar-refractivity contribution < 1.29 is 0 Å². The Morgan fingerprint density at radius 2 is 1.94 bits per heavy atom. The normalized spacial score (nSPS) is 17.7.